The normalized spacial score (nSPS) is 12.4. The van der Waals surface area contributed by atoms with Crippen molar-refractivity contribution in [2.75, 3.05) is 26.0 Å². The number of anilines is 1. The zero-order valence-electron chi connectivity index (χ0n) is 18.0. The second kappa shape index (κ2) is 11.7. The monoisotopic (exact) mass is 518 g/mol. The van der Waals surface area contributed by atoms with Crippen molar-refractivity contribution in [1.82, 2.24) is 20.0 Å². The number of aryl methyl sites for hydroxylation is 2. The van der Waals surface area contributed by atoms with Gasteiger partial charge in [0.25, 0.3) is 0 Å². The Balaban J connectivity index is 0.00000320. The zero-order valence-corrected chi connectivity index (χ0v) is 20.4. The third-order valence-corrected chi connectivity index (χ3v) is 4.77. The van der Waals surface area contributed by atoms with Gasteiger partial charge in [0.1, 0.15) is 0 Å². The Hall–Kier alpha value is -2.39. The molecule has 1 aromatic heterocycles. The first-order valence-electron chi connectivity index (χ1n) is 9.82. The summed E-state index contributed by atoms with van der Waals surface area (Å²) in [6.07, 6.45) is 3.97. The average Bonchev–Trinajstić information content (AvgIpc) is 3.13. The maximum atomic E-state index is 4.80. The standard InChI is InChI=1S/C23H30N6.HI/c1-18-10-12-19(13-11-18)14-24-23(27-21-8-6-5-7-9-21)25-16-22(28(2)3)20-15-26-29(4)17-20;/h5-13,15,17,22H,14,16H2,1-4H3,(H2,24,25,27);1H. The molecule has 0 saturated carbocycles. The first-order valence-corrected chi connectivity index (χ1v) is 9.82. The second-order valence-electron chi connectivity index (χ2n) is 7.45. The van der Waals surface area contributed by atoms with Crippen molar-refractivity contribution in [1.29, 1.82) is 0 Å². The van der Waals surface area contributed by atoms with Gasteiger partial charge in [0, 0.05) is 31.0 Å². The minimum Gasteiger partial charge on any atom is -0.354 e. The van der Waals surface area contributed by atoms with Crippen LogP contribution in [0.2, 0.25) is 0 Å². The summed E-state index contributed by atoms with van der Waals surface area (Å²) in [5, 5.41) is 11.2. The molecule has 3 rings (SSSR count). The van der Waals surface area contributed by atoms with E-state index in [4.69, 9.17) is 4.99 Å². The van der Waals surface area contributed by atoms with E-state index in [9.17, 15) is 0 Å². The zero-order chi connectivity index (χ0) is 20.6. The molecule has 1 atom stereocenters. The number of benzene rings is 2. The summed E-state index contributed by atoms with van der Waals surface area (Å²) in [5.41, 5.74) is 4.61. The molecule has 0 radical (unpaired) electrons. The van der Waals surface area contributed by atoms with Gasteiger partial charge in [-0.2, -0.15) is 5.10 Å². The Morgan fingerprint density at radius 3 is 2.40 bits per heavy atom. The summed E-state index contributed by atoms with van der Waals surface area (Å²) in [6.45, 7) is 3.42. The van der Waals surface area contributed by atoms with Crippen LogP contribution in [0.5, 0.6) is 0 Å². The second-order valence-corrected chi connectivity index (χ2v) is 7.45. The van der Waals surface area contributed by atoms with Crippen LogP contribution in [0.25, 0.3) is 0 Å². The highest BCUT2D eigenvalue weighted by Crippen LogP contribution is 2.16. The molecule has 3 aromatic rings. The number of para-hydroxylation sites is 1. The van der Waals surface area contributed by atoms with Crippen LogP contribution in [0, 0.1) is 6.92 Å². The molecule has 160 valence electrons. The van der Waals surface area contributed by atoms with Crippen molar-refractivity contribution in [3.05, 3.63) is 83.7 Å². The fourth-order valence-corrected chi connectivity index (χ4v) is 3.07. The molecule has 0 spiro atoms. The first kappa shape index (κ1) is 23.9. The third kappa shape index (κ3) is 7.14. The molecular weight excluding hydrogens is 487 g/mol. The van der Waals surface area contributed by atoms with E-state index in [1.165, 1.54) is 16.7 Å². The molecule has 0 aliphatic carbocycles. The van der Waals surface area contributed by atoms with Crippen LogP contribution >= 0.6 is 24.0 Å². The first-order chi connectivity index (χ1) is 14.0. The maximum absolute atomic E-state index is 4.80. The molecule has 0 aliphatic heterocycles. The lowest BCUT2D eigenvalue weighted by Gasteiger charge is -2.24. The quantitative estimate of drug-likeness (QED) is 0.280. The summed E-state index contributed by atoms with van der Waals surface area (Å²) in [6, 6.07) is 18.8. The van der Waals surface area contributed by atoms with Gasteiger partial charge in [-0.05, 0) is 38.7 Å². The summed E-state index contributed by atoms with van der Waals surface area (Å²) >= 11 is 0. The van der Waals surface area contributed by atoms with Gasteiger partial charge < -0.3 is 15.5 Å². The molecule has 0 fully saturated rings. The summed E-state index contributed by atoms with van der Waals surface area (Å²) in [5.74, 6) is 0.757. The van der Waals surface area contributed by atoms with E-state index in [0.29, 0.717) is 13.1 Å². The molecule has 0 bridgehead atoms. The highest BCUT2D eigenvalue weighted by Gasteiger charge is 2.16. The lowest BCUT2D eigenvalue weighted by Crippen LogP contribution is -2.38. The number of hydrogen-bond donors (Lipinski definition) is 2. The number of likely N-dealkylation sites (N-methyl/N-ethyl adjacent to an activating group) is 1. The lowest BCUT2D eigenvalue weighted by atomic mass is 10.1. The van der Waals surface area contributed by atoms with Crippen LogP contribution < -0.4 is 10.6 Å². The number of rotatable bonds is 7. The van der Waals surface area contributed by atoms with Crippen LogP contribution in [-0.4, -0.2) is 41.3 Å². The highest BCUT2D eigenvalue weighted by atomic mass is 127. The van der Waals surface area contributed by atoms with Gasteiger partial charge in [-0.25, -0.2) is 4.99 Å². The van der Waals surface area contributed by atoms with Gasteiger partial charge in [0.15, 0.2) is 5.96 Å². The molecule has 0 aliphatic rings. The molecule has 0 saturated heterocycles. The maximum Gasteiger partial charge on any atom is 0.196 e. The molecule has 1 unspecified atom stereocenters. The molecule has 1 heterocycles. The minimum absolute atomic E-state index is 0. The number of hydrogen-bond acceptors (Lipinski definition) is 3. The van der Waals surface area contributed by atoms with E-state index < -0.39 is 0 Å². The molecule has 2 aromatic carbocycles. The van der Waals surface area contributed by atoms with Crippen LogP contribution in [0.3, 0.4) is 0 Å². The minimum atomic E-state index is 0. The Labute approximate surface area is 196 Å². The van der Waals surface area contributed by atoms with Crippen molar-refractivity contribution >= 4 is 35.6 Å². The molecule has 7 heteroatoms. The van der Waals surface area contributed by atoms with Crippen LogP contribution in [0.4, 0.5) is 5.69 Å². The number of guanidine groups is 1. The van der Waals surface area contributed by atoms with Crippen molar-refractivity contribution in [2.24, 2.45) is 12.0 Å². The largest absolute Gasteiger partial charge is 0.354 e. The number of halogens is 1. The summed E-state index contributed by atoms with van der Waals surface area (Å²) in [7, 11) is 6.09. The smallest absolute Gasteiger partial charge is 0.196 e. The van der Waals surface area contributed by atoms with Crippen molar-refractivity contribution < 1.29 is 0 Å². The summed E-state index contributed by atoms with van der Waals surface area (Å²) < 4.78 is 1.83. The van der Waals surface area contributed by atoms with Gasteiger partial charge in [0.2, 0.25) is 0 Å². The number of nitrogens with one attached hydrogen (secondary N) is 2. The Morgan fingerprint density at radius 2 is 1.80 bits per heavy atom. The van der Waals surface area contributed by atoms with Crippen LogP contribution in [0.1, 0.15) is 22.7 Å². The predicted molar refractivity (Wildman–Crippen MR) is 135 cm³/mol. The van der Waals surface area contributed by atoms with Gasteiger partial charge in [0.05, 0.1) is 18.8 Å². The molecule has 2 N–H and O–H groups in total. The topological polar surface area (TPSA) is 57.5 Å². The highest BCUT2D eigenvalue weighted by molar-refractivity contribution is 14.0. The fraction of sp³-hybridized carbons (Fsp3) is 0.304. The Morgan fingerprint density at radius 1 is 1.10 bits per heavy atom. The number of aromatic nitrogens is 2. The van der Waals surface area contributed by atoms with Gasteiger partial charge >= 0.3 is 0 Å². The number of aliphatic imine (C=N–C) groups is 1. The van der Waals surface area contributed by atoms with E-state index in [0.717, 1.165) is 11.6 Å². The van der Waals surface area contributed by atoms with E-state index in [-0.39, 0.29) is 30.0 Å². The molecule has 30 heavy (non-hydrogen) atoms. The number of nitrogens with zero attached hydrogens (tertiary/aromatic N) is 4. The van der Waals surface area contributed by atoms with Gasteiger partial charge in [-0.15, -0.1) is 24.0 Å². The van der Waals surface area contributed by atoms with Gasteiger partial charge in [-0.1, -0.05) is 48.0 Å². The average molecular weight is 518 g/mol. The van der Waals surface area contributed by atoms with E-state index >= 15 is 0 Å². The molecular formula is C23H31IN6. The van der Waals surface area contributed by atoms with E-state index in [2.05, 4.69) is 72.1 Å². The van der Waals surface area contributed by atoms with Crippen molar-refractivity contribution in [2.45, 2.75) is 19.5 Å². The van der Waals surface area contributed by atoms with E-state index in [1.54, 1.807) is 0 Å². The SMILES string of the molecule is Cc1ccc(CN=C(NCC(c2cnn(C)c2)N(C)C)Nc2ccccc2)cc1.I. The predicted octanol–water partition coefficient (Wildman–Crippen LogP) is 4.21. The molecule has 6 nitrogen and oxygen atoms in total. The van der Waals surface area contributed by atoms with Crippen LogP contribution in [-0.2, 0) is 13.6 Å². The third-order valence-electron chi connectivity index (χ3n) is 4.77. The lowest BCUT2D eigenvalue weighted by molar-refractivity contribution is 0.298. The molecule has 0 amide bonds. The van der Waals surface area contributed by atoms with Crippen LogP contribution in [0.15, 0.2) is 72.0 Å². The summed E-state index contributed by atoms with van der Waals surface area (Å²) in [4.78, 5) is 6.99. The van der Waals surface area contributed by atoms with Gasteiger partial charge in [-0.3, -0.25) is 4.68 Å². The van der Waals surface area contributed by atoms with E-state index in [1.807, 2.05) is 48.3 Å². The van der Waals surface area contributed by atoms with Crippen molar-refractivity contribution in [3.63, 3.8) is 0 Å². The Kier molecular flexibility index (Phi) is 9.32. The van der Waals surface area contributed by atoms with Crippen molar-refractivity contribution in [3.8, 4) is 0 Å². The Bertz CT molecular complexity index is 918. The fourth-order valence-electron chi connectivity index (χ4n) is 3.07.